The van der Waals surface area contributed by atoms with Crippen LogP contribution in [0, 0.1) is 0 Å². The molecule has 0 atom stereocenters. The van der Waals surface area contributed by atoms with Gasteiger partial charge in [0.15, 0.2) is 5.78 Å². The number of allylic oxidation sites excluding steroid dienone is 2. The number of ketones is 1. The SMILES string of the molecule is CCCCCCCCCCCCCC=CC(=O)CCCCCCCCCCCCCCCCCCCC. The Morgan fingerprint density at radius 1 is 0.378 bits per heavy atom. The van der Waals surface area contributed by atoms with Crippen molar-refractivity contribution >= 4 is 5.78 Å². The summed E-state index contributed by atoms with van der Waals surface area (Å²) in [6.07, 6.45) is 46.2. The van der Waals surface area contributed by atoms with E-state index < -0.39 is 0 Å². The standard InChI is InChI=1S/C36H70O/c1-3-5-7-9-11-13-15-17-18-19-20-21-23-25-27-29-31-33-35-36(37)34-32-30-28-26-24-22-16-14-12-10-8-6-4-2/h32,34H,3-31,33,35H2,1-2H3. The first-order chi connectivity index (χ1) is 18.3. The molecule has 0 aliphatic heterocycles. The van der Waals surface area contributed by atoms with Crippen LogP contribution in [0.15, 0.2) is 12.2 Å². The summed E-state index contributed by atoms with van der Waals surface area (Å²) in [5.74, 6) is 0.347. The molecule has 0 amide bonds. The third kappa shape index (κ3) is 33.4. The van der Waals surface area contributed by atoms with E-state index in [1.807, 2.05) is 6.08 Å². The van der Waals surface area contributed by atoms with Gasteiger partial charge < -0.3 is 0 Å². The van der Waals surface area contributed by atoms with E-state index in [1.54, 1.807) is 0 Å². The van der Waals surface area contributed by atoms with Crippen molar-refractivity contribution in [1.29, 1.82) is 0 Å². The van der Waals surface area contributed by atoms with Crippen LogP contribution in [0.5, 0.6) is 0 Å². The predicted octanol–water partition coefficient (Wildman–Crippen LogP) is 13.2. The molecular weight excluding hydrogens is 448 g/mol. The molecule has 0 aromatic rings. The Morgan fingerprint density at radius 3 is 0.973 bits per heavy atom. The molecule has 0 spiro atoms. The minimum absolute atomic E-state index is 0.347. The van der Waals surface area contributed by atoms with Gasteiger partial charge in [0.05, 0.1) is 0 Å². The van der Waals surface area contributed by atoms with Gasteiger partial charge in [0, 0.05) is 6.42 Å². The highest BCUT2D eigenvalue weighted by molar-refractivity contribution is 5.89. The molecule has 0 bridgehead atoms. The van der Waals surface area contributed by atoms with E-state index in [2.05, 4.69) is 19.9 Å². The fourth-order valence-electron chi connectivity index (χ4n) is 5.43. The van der Waals surface area contributed by atoms with Crippen molar-refractivity contribution in [1.82, 2.24) is 0 Å². The molecule has 1 heteroatoms. The zero-order chi connectivity index (χ0) is 26.9. The van der Waals surface area contributed by atoms with Crippen LogP contribution in [0.3, 0.4) is 0 Å². The molecule has 0 aromatic carbocycles. The second-order valence-corrected chi connectivity index (χ2v) is 12.0. The lowest BCUT2D eigenvalue weighted by Crippen LogP contribution is -1.92. The van der Waals surface area contributed by atoms with Crippen LogP contribution in [0.25, 0.3) is 0 Å². The predicted molar refractivity (Wildman–Crippen MR) is 169 cm³/mol. The molecule has 0 fully saturated rings. The maximum absolute atomic E-state index is 12.0. The molecular formula is C36H70O. The van der Waals surface area contributed by atoms with E-state index in [0.717, 1.165) is 19.3 Å². The summed E-state index contributed by atoms with van der Waals surface area (Å²) in [7, 11) is 0. The fraction of sp³-hybridized carbons (Fsp3) is 0.917. The first-order valence-electron chi connectivity index (χ1n) is 17.5. The quantitative estimate of drug-likeness (QED) is 0.0639. The molecule has 0 heterocycles. The van der Waals surface area contributed by atoms with Crippen molar-refractivity contribution in [3.05, 3.63) is 12.2 Å². The third-order valence-electron chi connectivity index (χ3n) is 8.05. The van der Waals surface area contributed by atoms with Gasteiger partial charge in [-0.2, -0.15) is 0 Å². The van der Waals surface area contributed by atoms with Gasteiger partial charge in [-0.1, -0.05) is 193 Å². The lowest BCUT2D eigenvalue weighted by atomic mass is 10.0. The smallest absolute Gasteiger partial charge is 0.155 e. The number of unbranched alkanes of at least 4 members (excludes halogenated alkanes) is 28. The highest BCUT2D eigenvalue weighted by Crippen LogP contribution is 2.15. The van der Waals surface area contributed by atoms with Gasteiger partial charge in [-0.15, -0.1) is 0 Å². The van der Waals surface area contributed by atoms with Gasteiger partial charge >= 0.3 is 0 Å². The number of carbonyl (C=O) groups excluding carboxylic acids is 1. The summed E-state index contributed by atoms with van der Waals surface area (Å²) in [6, 6.07) is 0. The van der Waals surface area contributed by atoms with E-state index in [4.69, 9.17) is 0 Å². The van der Waals surface area contributed by atoms with Gasteiger partial charge in [0.2, 0.25) is 0 Å². The molecule has 220 valence electrons. The average Bonchev–Trinajstić information content (AvgIpc) is 2.90. The minimum atomic E-state index is 0.347. The number of rotatable bonds is 32. The monoisotopic (exact) mass is 519 g/mol. The van der Waals surface area contributed by atoms with Crippen molar-refractivity contribution < 1.29 is 4.79 Å². The molecule has 0 aliphatic carbocycles. The van der Waals surface area contributed by atoms with Gasteiger partial charge in [0.1, 0.15) is 0 Å². The van der Waals surface area contributed by atoms with Crippen molar-refractivity contribution in [2.45, 2.75) is 213 Å². The minimum Gasteiger partial charge on any atom is -0.295 e. The summed E-state index contributed by atoms with van der Waals surface area (Å²) in [5, 5.41) is 0. The van der Waals surface area contributed by atoms with Crippen LogP contribution in [-0.4, -0.2) is 5.78 Å². The lowest BCUT2D eigenvalue weighted by Gasteiger charge is -2.03. The summed E-state index contributed by atoms with van der Waals surface area (Å²) in [6.45, 7) is 4.58. The van der Waals surface area contributed by atoms with Crippen LogP contribution in [0.1, 0.15) is 213 Å². The van der Waals surface area contributed by atoms with Crippen LogP contribution in [0.4, 0.5) is 0 Å². The molecule has 0 aliphatic rings. The van der Waals surface area contributed by atoms with Gasteiger partial charge in [-0.3, -0.25) is 4.79 Å². The van der Waals surface area contributed by atoms with E-state index in [0.29, 0.717) is 5.78 Å². The fourth-order valence-corrected chi connectivity index (χ4v) is 5.43. The highest BCUT2D eigenvalue weighted by atomic mass is 16.1. The Labute approximate surface area is 235 Å². The first kappa shape index (κ1) is 36.4. The van der Waals surface area contributed by atoms with E-state index >= 15 is 0 Å². The van der Waals surface area contributed by atoms with Crippen molar-refractivity contribution in [2.24, 2.45) is 0 Å². The molecule has 37 heavy (non-hydrogen) atoms. The molecule has 0 N–H and O–H groups in total. The van der Waals surface area contributed by atoms with Crippen LogP contribution in [-0.2, 0) is 4.79 Å². The number of hydrogen-bond acceptors (Lipinski definition) is 1. The zero-order valence-electron chi connectivity index (χ0n) is 26.0. The van der Waals surface area contributed by atoms with Crippen molar-refractivity contribution in [2.75, 3.05) is 0 Å². The van der Waals surface area contributed by atoms with Crippen LogP contribution >= 0.6 is 0 Å². The maximum atomic E-state index is 12.0. The summed E-state index contributed by atoms with van der Waals surface area (Å²) < 4.78 is 0. The number of hydrogen-bond donors (Lipinski definition) is 0. The molecule has 0 radical (unpaired) electrons. The second-order valence-electron chi connectivity index (χ2n) is 12.0. The van der Waals surface area contributed by atoms with Crippen molar-refractivity contribution in [3.8, 4) is 0 Å². The molecule has 0 saturated heterocycles. The third-order valence-corrected chi connectivity index (χ3v) is 8.05. The lowest BCUT2D eigenvalue weighted by molar-refractivity contribution is -0.114. The molecule has 0 aromatic heterocycles. The first-order valence-corrected chi connectivity index (χ1v) is 17.5. The van der Waals surface area contributed by atoms with Gasteiger partial charge in [0.25, 0.3) is 0 Å². The normalized spacial score (nSPS) is 11.6. The highest BCUT2D eigenvalue weighted by Gasteiger charge is 1.98. The second kappa shape index (κ2) is 33.4. The van der Waals surface area contributed by atoms with Gasteiger partial charge in [-0.05, 0) is 25.3 Å². The summed E-state index contributed by atoms with van der Waals surface area (Å²) in [5.41, 5.74) is 0. The Kier molecular flexibility index (Phi) is 32.9. The molecule has 0 saturated carbocycles. The summed E-state index contributed by atoms with van der Waals surface area (Å²) in [4.78, 5) is 12.0. The van der Waals surface area contributed by atoms with Crippen molar-refractivity contribution in [3.63, 3.8) is 0 Å². The Hall–Kier alpha value is -0.590. The van der Waals surface area contributed by atoms with Crippen LogP contribution in [0.2, 0.25) is 0 Å². The zero-order valence-corrected chi connectivity index (χ0v) is 26.0. The average molecular weight is 519 g/mol. The summed E-state index contributed by atoms with van der Waals surface area (Å²) >= 11 is 0. The van der Waals surface area contributed by atoms with Crippen LogP contribution < -0.4 is 0 Å². The Bertz CT molecular complexity index is 452. The largest absolute Gasteiger partial charge is 0.295 e. The van der Waals surface area contributed by atoms with E-state index in [1.165, 1.54) is 180 Å². The van der Waals surface area contributed by atoms with E-state index in [-0.39, 0.29) is 0 Å². The Balaban J connectivity index is 3.20. The molecule has 0 rings (SSSR count). The number of carbonyl (C=O) groups is 1. The molecule has 1 nitrogen and oxygen atoms in total. The van der Waals surface area contributed by atoms with Gasteiger partial charge in [-0.25, -0.2) is 0 Å². The Morgan fingerprint density at radius 2 is 0.649 bits per heavy atom. The topological polar surface area (TPSA) is 17.1 Å². The molecule has 0 unspecified atom stereocenters. The maximum Gasteiger partial charge on any atom is 0.155 e. The van der Waals surface area contributed by atoms with E-state index in [9.17, 15) is 4.79 Å².